The van der Waals surface area contributed by atoms with E-state index in [1.54, 1.807) is 37.5 Å². The van der Waals surface area contributed by atoms with Crippen LogP contribution in [-0.2, 0) is 0 Å². The number of carbonyl (C=O) groups excluding carboxylic acids is 1. The van der Waals surface area contributed by atoms with Crippen molar-refractivity contribution in [3.63, 3.8) is 0 Å². The highest BCUT2D eigenvalue weighted by atomic mass is 16.5. The average molecular weight is 280 g/mol. The zero-order valence-electron chi connectivity index (χ0n) is 11.5. The maximum absolute atomic E-state index is 12.0. The van der Waals surface area contributed by atoms with Crippen LogP contribution in [0.5, 0.6) is 5.75 Å². The Balaban J connectivity index is 2.08. The summed E-state index contributed by atoms with van der Waals surface area (Å²) in [6, 6.07) is 14.0. The van der Waals surface area contributed by atoms with Crippen molar-refractivity contribution in [1.82, 2.24) is 4.91 Å². The first-order valence-corrected chi connectivity index (χ1v) is 6.27. The standard InChI is InChI=1S/C16H14N3O2/c1-21-15-9-2-12(3-10-15)4-11-16(20)13-5-7-14(8-6-13)18-19-17/h2-11,17H,1H3/q+1/b11-4+. The fourth-order valence-electron chi connectivity index (χ4n) is 1.73. The Morgan fingerprint density at radius 1 is 1.14 bits per heavy atom. The zero-order valence-corrected chi connectivity index (χ0v) is 11.5. The van der Waals surface area contributed by atoms with Crippen molar-refractivity contribution >= 4 is 17.5 Å². The highest BCUT2D eigenvalue weighted by molar-refractivity contribution is 6.06. The lowest BCUT2D eigenvalue weighted by molar-refractivity contribution is 0.104. The summed E-state index contributed by atoms with van der Waals surface area (Å²) in [5.41, 5.74) is 8.66. The van der Waals surface area contributed by atoms with E-state index in [1.807, 2.05) is 24.3 Å². The van der Waals surface area contributed by atoms with Gasteiger partial charge in [-0.3, -0.25) is 4.79 Å². The molecule has 5 heteroatoms. The first-order chi connectivity index (χ1) is 10.2. The Hall–Kier alpha value is -3.04. The van der Waals surface area contributed by atoms with E-state index in [0.29, 0.717) is 11.3 Å². The van der Waals surface area contributed by atoms with Crippen LogP contribution in [0.15, 0.2) is 59.7 Å². The molecule has 0 heterocycles. The van der Waals surface area contributed by atoms with Gasteiger partial charge in [0.1, 0.15) is 11.3 Å². The largest absolute Gasteiger partial charge is 0.497 e. The molecule has 0 saturated carbocycles. The van der Waals surface area contributed by atoms with Crippen molar-refractivity contribution in [1.29, 1.82) is 5.53 Å². The van der Waals surface area contributed by atoms with Crippen molar-refractivity contribution in [2.24, 2.45) is 5.11 Å². The van der Waals surface area contributed by atoms with Crippen molar-refractivity contribution in [2.45, 2.75) is 0 Å². The number of ketones is 1. The molecule has 0 bridgehead atoms. The Kier molecular flexibility index (Phi) is 4.75. The quantitative estimate of drug-likeness (QED) is 0.391. The van der Waals surface area contributed by atoms with E-state index in [-0.39, 0.29) is 5.78 Å². The fourth-order valence-corrected chi connectivity index (χ4v) is 1.73. The molecular weight excluding hydrogens is 266 g/mol. The molecule has 0 unspecified atom stereocenters. The Labute approximate surface area is 122 Å². The monoisotopic (exact) mass is 280 g/mol. The predicted molar refractivity (Wildman–Crippen MR) is 79.7 cm³/mol. The number of hydrogen-bond donors (Lipinski definition) is 1. The topological polar surface area (TPSA) is 76.6 Å². The van der Waals surface area contributed by atoms with Crippen molar-refractivity contribution in [3.05, 3.63) is 65.7 Å². The van der Waals surface area contributed by atoms with Gasteiger partial charge in [-0.2, -0.15) is 0 Å². The van der Waals surface area contributed by atoms with Gasteiger partial charge in [0.25, 0.3) is 0 Å². The van der Waals surface area contributed by atoms with E-state index in [4.69, 9.17) is 10.3 Å². The van der Waals surface area contributed by atoms with Gasteiger partial charge in [-0.15, -0.1) is 0 Å². The molecule has 0 aliphatic heterocycles. The highest BCUT2D eigenvalue weighted by Gasteiger charge is 2.03. The lowest BCUT2D eigenvalue weighted by atomic mass is 10.1. The smallest absolute Gasteiger partial charge is 0.220 e. The molecule has 0 aromatic heterocycles. The van der Waals surface area contributed by atoms with Gasteiger partial charge in [0.15, 0.2) is 16.6 Å². The Morgan fingerprint density at radius 3 is 2.38 bits per heavy atom. The molecule has 0 atom stereocenters. The van der Waals surface area contributed by atoms with Crippen LogP contribution in [0.1, 0.15) is 15.9 Å². The van der Waals surface area contributed by atoms with Gasteiger partial charge < -0.3 is 4.74 Å². The predicted octanol–water partition coefficient (Wildman–Crippen LogP) is 3.77. The van der Waals surface area contributed by atoms with E-state index in [1.165, 1.54) is 6.08 Å². The van der Waals surface area contributed by atoms with Crippen LogP contribution in [0.2, 0.25) is 0 Å². The lowest BCUT2D eigenvalue weighted by Crippen LogP contribution is -1.93. The van der Waals surface area contributed by atoms with Crippen LogP contribution < -0.4 is 9.65 Å². The van der Waals surface area contributed by atoms with Gasteiger partial charge in [-0.1, -0.05) is 18.2 Å². The molecule has 2 aromatic rings. The van der Waals surface area contributed by atoms with E-state index in [9.17, 15) is 4.79 Å². The maximum atomic E-state index is 12.0. The third-order valence-corrected chi connectivity index (χ3v) is 2.86. The van der Waals surface area contributed by atoms with Crippen molar-refractivity contribution in [2.75, 3.05) is 7.11 Å². The third-order valence-electron chi connectivity index (χ3n) is 2.86. The maximum Gasteiger partial charge on any atom is 0.220 e. The number of hydrogen-bond acceptors (Lipinski definition) is 4. The summed E-state index contributed by atoms with van der Waals surface area (Å²) in [6.07, 6.45) is 3.27. The number of nitrogens with zero attached hydrogens (tertiary/aromatic N) is 2. The molecule has 0 aliphatic carbocycles. The van der Waals surface area contributed by atoms with E-state index in [2.05, 4.69) is 10.0 Å². The Morgan fingerprint density at radius 2 is 1.81 bits per heavy atom. The second-order valence-electron chi connectivity index (χ2n) is 4.22. The molecule has 104 valence electrons. The minimum atomic E-state index is -0.0971. The molecule has 1 N–H and O–H groups in total. The number of nitrogens with one attached hydrogen (secondary N) is 1. The number of methoxy groups -OCH3 is 1. The normalized spacial score (nSPS) is 10.1. The van der Waals surface area contributed by atoms with Crippen LogP contribution in [0, 0.1) is 5.53 Å². The zero-order chi connectivity index (χ0) is 15.1. The van der Waals surface area contributed by atoms with Crippen LogP contribution in [0.25, 0.3) is 6.08 Å². The summed E-state index contributed by atoms with van der Waals surface area (Å²) < 4.78 is 5.07. The van der Waals surface area contributed by atoms with E-state index < -0.39 is 0 Å². The summed E-state index contributed by atoms with van der Waals surface area (Å²) >= 11 is 0. The molecule has 0 fully saturated rings. The van der Waals surface area contributed by atoms with Gasteiger partial charge in [-0.05, 0) is 48.0 Å². The molecule has 2 rings (SSSR count). The Bertz CT molecular complexity index is 697. The van der Waals surface area contributed by atoms with Crippen LogP contribution in [0.4, 0.5) is 5.69 Å². The minimum absolute atomic E-state index is 0.0971. The van der Waals surface area contributed by atoms with Crippen LogP contribution >= 0.6 is 0 Å². The molecule has 5 nitrogen and oxygen atoms in total. The van der Waals surface area contributed by atoms with E-state index in [0.717, 1.165) is 11.3 Å². The second-order valence-corrected chi connectivity index (χ2v) is 4.22. The summed E-state index contributed by atoms with van der Waals surface area (Å²) in [5, 5.41) is 3.57. The summed E-state index contributed by atoms with van der Waals surface area (Å²) in [4.78, 5) is 14.9. The number of rotatable bonds is 5. The molecule has 0 spiro atoms. The molecule has 2 aromatic carbocycles. The summed E-state index contributed by atoms with van der Waals surface area (Å²) in [6.45, 7) is 0. The number of carbonyl (C=O) groups is 1. The van der Waals surface area contributed by atoms with Crippen LogP contribution in [-0.4, -0.2) is 12.9 Å². The van der Waals surface area contributed by atoms with Gasteiger partial charge in [-0.25, -0.2) is 0 Å². The molecule has 0 amide bonds. The SMILES string of the molecule is COc1ccc(/C=C/C(=O)c2ccc(N=[N+]=N)cc2)cc1. The van der Waals surface area contributed by atoms with Gasteiger partial charge in [0.2, 0.25) is 4.91 Å². The van der Waals surface area contributed by atoms with Crippen LogP contribution in [0.3, 0.4) is 0 Å². The molecule has 0 saturated heterocycles. The summed E-state index contributed by atoms with van der Waals surface area (Å²) in [7, 11) is 1.61. The van der Waals surface area contributed by atoms with E-state index >= 15 is 0 Å². The van der Waals surface area contributed by atoms with Gasteiger partial charge in [0.05, 0.1) is 7.11 Å². The first-order valence-electron chi connectivity index (χ1n) is 6.27. The number of benzene rings is 2. The summed E-state index contributed by atoms with van der Waals surface area (Å²) in [5.74, 6) is 0.679. The van der Waals surface area contributed by atoms with Gasteiger partial charge >= 0.3 is 0 Å². The first kappa shape index (κ1) is 14.4. The second kappa shape index (κ2) is 6.93. The number of ether oxygens (including phenoxy) is 1. The van der Waals surface area contributed by atoms with Gasteiger partial charge in [0, 0.05) is 5.56 Å². The molecular formula is C16H14N3O2+. The molecule has 0 aliphatic rings. The highest BCUT2D eigenvalue weighted by Crippen LogP contribution is 2.15. The number of allylic oxidation sites excluding steroid dienone is 1. The molecule has 21 heavy (non-hydrogen) atoms. The fraction of sp³-hybridized carbons (Fsp3) is 0.0625. The average Bonchev–Trinajstić information content (AvgIpc) is 2.54. The minimum Gasteiger partial charge on any atom is -0.497 e. The van der Waals surface area contributed by atoms with Crippen molar-refractivity contribution < 1.29 is 9.53 Å². The lowest BCUT2D eigenvalue weighted by Gasteiger charge is -1.99. The third kappa shape index (κ3) is 3.96. The van der Waals surface area contributed by atoms with Crippen molar-refractivity contribution in [3.8, 4) is 5.75 Å². The molecule has 0 radical (unpaired) electrons.